The summed E-state index contributed by atoms with van der Waals surface area (Å²) >= 11 is 0. The van der Waals surface area contributed by atoms with Crippen LogP contribution >= 0.6 is 0 Å². The van der Waals surface area contributed by atoms with Crippen LogP contribution in [0.15, 0.2) is 60.7 Å². The Labute approximate surface area is 278 Å². The van der Waals surface area contributed by atoms with Crippen LogP contribution in [-0.2, 0) is 33.8 Å². The van der Waals surface area contributed by atoms with Gasteiger partial charge in [0.05, 0.1) is 31.3 Å². The number of benzene rings is 3. The second-order valence-electron chi connectivity index (χ2n) is 12.9. The topological polar surface area (TPSA) is 108 Å². The molecule has 2 N–H and O–H groups in total. The number of ether oxygens (including phenoxy) is 6. The SMILES string of the molecule is CC(C)CN(Cc1ccc2c(c1)OCO2)CC(O)C(Cc1ccc(OCc2ccc(F)c(F)c2)cc1)NC(=O)OC1COC2OCCC12. The van der Waals surface area contributed by atoms with Crippen molar-refractivity contribution in [2.24, 2.45) is 11.8 Å². The fraction of sp³-hybridized carbons (Fsp3) is 0.472. The number of hydrogen-bond acceptors (Lipinski definition) is 9. The first-order valence-corrected chi connectivity index (χ1v) is 16.3. The number of nitrogens with one attached hydrogen (secondary N) is 1. The van der Waals surface area contributed by atoms with Crippen molar-refractivity contribution in [3.63, 3.8) is 0 Å². The Hall–Kier alpha value is -3.97. The van der Waals surface area contributed by atoms with Gasteiger partial charge in [-0.15, -0.1) is 0 Å². The van der Waals surface area contributed by atoms with E-state index in [-0.39, 0.29) is 38.8 Å². The fourth-order valence-corrected chi connectivity index (χ4v) is 6.33. The Morgan fingerprint density at radius 1 is 0.958 bits per heavy atom. The number of aliphatic hydroxyl groups excluding tert-OH is 1. The van der Waals surface area contributed by atoms with Gasteiger partial charge in [0.2, 0.25) is 6.79 Å². The van der Waals surface area contributed by atoms with Gasteiger partial charge in [0.15, 0.2) is 29.4 Å². The monoisotopic (exact) mass is 668 g/mol. The lowest BCUT2D eigenvalue weighted by molar-refractivity contribution is -0.0907. The fourth-order valence-electron chi connectivity index (χ4n) is 6.33. The van der Waals surface area contributed by atoms with E-state index in [0.717, 1.165) is 36.2 Å². The predicted octanol–water partition coefficient (Wildman–Crippen LogP) is 5.19. The molecule has 3 aromatic carbocycles. The Bertz CT molecular complexity index is 1540. The number of rotatable bonds is 14. The Balaban J connectivity index is 1.13. The minimum Gasteiger partial charge on any atom is -0.489 e. The molecule has 1 amide bonds. The van der Waals surface area contributed by atoms with Crippen molar-refractivity contribution in [2.45, 2.75) is 64.4 Å². The summed E-state index contributed by atoms with van der Waals surface area (Å²) in [5, 5.41) is 14.6. The molecule has 5 atom stereocenters. The number of hydrogen-bond donors (Lipinski definition) is 2. The molecule has 2 fully saturated rings. The molecule has 3 aliphatic heterocycles. The van der Waals surface area contributed by atoms with E-state index in [1.807, 2.05) is 30.3 Å². The van der Waals surface area contributed by atoms with Gasteiger partial charge in [-0.1, -0.05) is 38.1 Å². The zero-order valence-electron chi connectivity index (χ0n) is 27.1. The number of halogens is 2. The zero-order valence-corrected chi connectivity index (χ0v) is 27.1. The summed E-state index contributed by atoms with van der Waals surface area (Å²) in [7, 11) is 0. The van der Waals surface area contributed by atoms with Gasteiger partial charge < -0.3 is 38.8 Å². The van der Waals surface area contributed by atoms with Crippen LogP contribution in [0.2, 0.25) is 0 Å². The second-order valence-corrected chi connectivity index (χ2v) is 12.9. The van der Waals surface area contributed by atoms with E-state index in [2.05, 4.69) is 24.1 Å². The molecule has 0 spiro atoms. The maximum Gasteiger partial charge on any atom is 0.407 e. The molecular formula is C36H42F2N2O8. The number of carbonyl (C=O) groups excluding carboxylic acids is 1. The van der Waals surface area contributed by atoms with Crippen LogP contribution in [-0.4, -0.2) is 73.7 Å². The molecule has 3 aliphatic rings. The lowest BCUT2D eigenvalue weighted by Gasteiger charge is -2.31. The van der Waals surface area contributed by atoms with Crippen molar-refractivity contribution < 1.29 is 47.1 Å². The first kappa shape index (κ1) is 33.9. The standard InChI is InChI=1S/C36H42F2N2O8/c1-22(2)16-40(17-24-6-10-32-33(15-24)47-21-46-32)18-31(41)30(39-36(42)48-34-20-45-35-27(34)11-12-43-35)14-23-3-7-26(8-4-23)44-19-25-5-9-28(37)29(38)13-25/h3-10,13,15,22,27,30-31,34-35,41H,11-12,14,16-21H2,1-2H3,(H,39,42). The van der Waals surface area contributed by atoms with E-state index in [1.165, 1.54) is 6.07 Å². The molecule has 12 heteroatoms. The van der Waals surface area contributed by atoms with Gasteiger partial charge in [-0.3, -0.25) is 4.90 Å². The van der Waals surface area contributed by atoms with Crippen LogP contribution in [0.25, 0.3) is 0 Å². The molecule has 0 bridgehead atoms. The van der Waals surface area contributed by atoms with E-state index in [4.69, 9.17) is 28.4 Å². The maximum absolute atomic E-state index is 13.6. The quantitative estimate of drug-likeness (QED) is 0.240. The van der Waals surface area contributed by atoms with Crippen molar-refractivity contribution in [2.75, 3.05) is 33.1 Å². The normalized spacial score (nSPS) is 20.9. The molecule has 10 nitrogen and oxygen atoms in total. The average Bonchev–Trinajstić information content (AvgIpc) is 3.80. The third kappa shape index (κ3) is 8.73. The second kappa shape index (κ2) is 15.5. The van der Waals surface area contributed by atoms with E-state index in [0.29, 0.717) is 48.3 Å². The minimum atomic E-state index is -0.947. The van der Waals surface area contributed by atoms with Gasteiger partial charge in [-0.05, 0) is 71.8 Å². The van der Waals surface area contributed by atoms with Gasteiger partial charge in [-0.25, -0.2) is 13.6 Å². The lowest BCUT2D eigenvalue weighted by Crippen LogP contribution is -2.50. The van der Waals surface area contributed by atoms with Crippen molar-refractivity contribution in [1.29, 1.82) is 0 Å². The first-order chi connectivity index (χ1) is 23.2. The highest BCUT2D eigenvalue weighted by molar-refractivity contribution is 5.68. The van der Waals surface area contributed by atoms with Crippen molar-refractivity contribution in [3.8, 4) is 17.2 Å². The number of aliphatic hydroxyl groups is 1. The molecule has 258 valence electrons. The zero-order chi connectivity index (χ0) is 33.6. The molecule has 0 saturated carbocycles. The summed E-state index contributed by atoms with van der Waals surface area (Å²) in [5.41, 5.74) is 2.36. The summed E-state index contributed by atoms with van der Waals surface area (Å²) in [4.78, 5) is 15.4. The maximum atomic E-state index is 13.6. The third-order valence-corrected chi connectivity index (χ3v) is 8.69. The van der Waals surface area contributed by atoms with Crippen LogP contribution < -0.4 is 19.5 Å². The van der Waals surface area contributed by atoms with E-state index in [1.54, 1.807) is 12.1 Å². The third-order valence-electron chi connectivity index (χ3n) is 8.69. The smallest absolute Gasteiger partial charge is 0.407 e. The number of carbonyl (C=O) groups is 1. The average molecular weight is 669 g/mol. The largest absolute Gasteiger partial charge is 0.489 e. The van der Waals surface area contributed by atoms with Crippen molar-refractivity contribution >= 4 is 6.09 Å². The lowest BCUT2D eigenvalue weighted by atomic mass is 10.00. The molecular weight excluding hydrogens is 626 g/mol. The van der Waals surface area contributed by atoms with E-state index >= 15 is 0 Å². The Morgan fingerprint density at radius 2 is 1.73 bits per heavy atom. The molecule has 6 rings (SSSR count). The van der Waals surface area contributed by atoms with Crippen LogP contribution in [0, 0.1) is 23.5 Å². The molecule has 0 aromatic heterocycles. The number of nitrogens with zero attached hydrogens (tertiary/aromatic N) is 1. The highest BCUT2D eigenvalue weighted by Crippen LogP contribution is 2.34. The predicted molar refractivity (Wildman–Crippen MR) is 171 cm³/mol. The summed E-state index contributed by atoms with van der Waals surface area (Å²) in [6.07, 6.45) is -1.29. The van der Waals surface area contributed by atoms with Crippen molar-refractivity contribution in [1.82, 2.24) is 10.2 Å². The molecule has 5 unspecified atom stereocenters. The van der Waals surface area contributed by atoms with Gasteiger partial charge >= 0.3 is 6.09 Å². The first-order valence-electron chi connectivity index (χ1n) is 16.3. The molecule has 48 heavy (non-hydrogen) atoms. The number of fused-ring (bicyclic) bond motifs is 2. The van der Waals surface area contributed by atoms with Crippen LogP contribution in [0.3, 0.4) is 0 Å². The number of amides is 1. The minimum absolute atomic E-state index is 0.0127. The van der Waals surface area contributed by atoms with Gasteiger partial charge in [0.25, 0.3) is 0 Å². The summed E-state index contributed by atoms with van der Waals surface area (Å²) in [5.74, 6) is 0.414. The summed E-state index contributed by atoms with van der Waals surface area (Å²) in [6, 6.07) is 16.0. The Kier molecular flexibility index (Phi) is 11.0. The van der Waals surface area contributed by atoms with Gasteiger partial charge in [0.1, 0.15) is 18.5 Å². The number of alkyl carbamates (subject to hydrolysis) is 1. The molecule has 3 aromatic rings. The molecule has 0 aliphatic carbocycles. The molecule has 0 radical (unpaired) electrons. The summed E-state index contributed by atoms with van der Waals surface area (Å²) < 4.78 is 60.6. The van der Waals surface area contributed by atoms with E-state index in [9.17, 15) is 18.7 Å². The summed E-state index contributed by atoms with van der Waals surface area (Å²) in [6.45, 7) is 6.89. The Morgan fingerprint density at radius 3 is 2.52 bits per heavy atom. The highest BCUT2D eigenvalue weighted by Gasteiger charge is 2.44. The van der Waals surface area contributed by atoms with Gasteiger partial charge in [0, 0.05) is 19.6 Å². The van der Waals surface area contributed by atoms with Crippen LogP contribution in [0.5, 0.6) is 17.2 Å². The van der Waals surface area contributed by atoms with Crippen LogP contribution in [0.4, 0.5) is 13.6 Å². The van der Waals surface area contributed by atoms with E-state index < -0.39 is 36.0 Å². The molecule has 3 heterocycles. The van der Waals surface area contributed by atoms with Crippen molar-refractivity contribution in [3.05, 3.63) is 89.0 Å². The molecule has 2 saturated heterocycles. The highest BCUT2D eigenvalue weighted by atomic mass is 19.2. The van der Waals surface area contributed by atoms with Gasteiger partial charge in [-0.2, -0.15) is 0 Å². The van der Waals surface area contributed by atoms with Crippen LogP contribution in [0.1, 0.15) is 37.0 Å².